The number of urea groups is 1. The van der Waals surface area contributed by atoms with Crippen LogP contribution in [0.4, 0.5) is 10.5 Å². The number of carbonyl (C=O) groups is 1. The van der Waals surface area contributed by atoms with Gasteiger partial charge in [0.2, 0.25) is 0 Å². The molecule has 0 bridgehead atoms. The summed E-state index contributed by atoms with van der Waals surface area (Å²) >= 11 is 0. The van der Waals surface area contributed by atoms with Crippen LogP contribution < -0.4 is 10.6 Å². The molecule has 2 amide bonds. The molecule has 2 fully saturated rings. The van der Waals surface area contributed by atoms with Crippen LogP contribution in [0.5, 0.6) is 0 Å². The minimum atomic E-state index is -0.249. The second-order valence-electron chi connectivity index (χ2n) is 9.52. The van der Waals surface area contributed by atoms with Crippen LogP contribution in [0.1, 0.15) is 24.4 Å². The number of hydrogen-bond acceptors (Lipinski definition) is 5. The molecular formula is C28H30N6O2. The Morgan fingerprint density at radius 1 is 0.972 bits per heavy atom. The largest absolute Gasteiger partial charge is 0.378 e. The Balaban J connectivity index is 1.15. The molecule has 8 nitrogen and oxygen atoms in total. The van der Waals surface area contributed by atoms with E-state index in [1.807, 2.05) is 36.4 Å². The van der Waals surface area contributed by atoms with Crippen molar-refractivity contribution in [2.75, 3.05) is 31.6 Å². The summed E-state index contributed by atoms with van der Waals surface area (Å²) in [6.07, 6.45) is 5.65. The molecule has 2 saturated heterocycles. The summed E-state index contributed by atoms with van der Waals surface area (Å²) in [5, 5.41) is 12.0. The monoisotopic (exact) mass is 482 g/mol. The summed E-state index contributed by atoms with van der Waals surface area (Å²) in [7, 11) is 0. The Morgan fingerprint density at radius 2 is 1.78 bits per heavy atom. The van der Waals surface area contributed by atoms with Gasteiger partial charge in [-0.3, -0.25) is 14.6 Å². The zero-order chi connectivity index (χ0) is 24.3. The van der Waals surface area contributed by atoms with Crippen LogP contribution in [0, 0.1) is 0 Å². The lowest BCUT2D eigenvalue weighted by atomic mass is 10.0. The van der Waals surface area contributed by atoms with Gasteiger partial charge in [0.1, 0.15) is 5.69 Å². The molecular weight excluding hydrogens is 452 g/mol. The molecule has 2 aliphatic rings. The Hall–Kier alpha value is -3.75. The van der Waals surface area contributed by atoms with Crippen molar-refractivity contribution < 1.29 is 9.53 Å². The Morgan fingerprint density at radius 3 is 2.50 bits per heavy atom. The number of carbonyl (C=O) groups excluding carboxylic acids is 1. The summed E-state index contributed by atoms with van der Waals surface area (Å²) in [4.78, 5) is 18.9. The number of likely N-dealkylation sites (tertiary alicyclic amines) is 1. The molecule has 6 rings (SSSR count). The van der Waals surface area contributed by atoms with Crippen LogP contribution in [0.15, 0.2) is 73.1 Å². The molecule has 0 aliphatic carbocycles. The number of nitrogens with one attached hydrogen (secondary N) is 2. The Labute approximate surface area is 210 Å². The third-order valence-corrected chi connectivity index (χ3v) is 7.19. The average molecular weight is 483 g/mol. The van der Waals surface area contributed by atoms with Crippen molar-refractivity contribution >= 4 is 22.6 Å². The molecule has 0 atom stereocenters. The summed E-state index contributed by atoms with van der Waals surface area (Å²) in [6, 6.07) is 20.9. The van der Waals surface area contributed by atoms with E-state index in [1.54, 1.807) is 12.4 Å². The van der Waals surface area contributed by atoms with Gasteiger partial charge in [0.05, 0.1) is 30.8 Å². The second kappa shape index (κ2) is 10.1. The fourth-order valence-corrected chi connectivity index (χ4v) is 5.08. The maximum absolute atomic E-state index is 12.3. The van der Waals surface area contributed by atoms with Crippen molar-refractivity contribution in [3.63, 3.8) is 0 Å². The number of benzene rings is 2. The van der Waals surface area contributed by atoms with E-state index in [9.17, 15) is 4.79 Å². The van der Waals surface area contributed by atoms with E-state index < -0.39 is 0 Å². The molecule has 0 saturated carbocycles. The quantitative estimate of drug-likeness (QED) is 0.424. The van der Waals surface area contributed by atoms with Crippen LogP contribution in [-0.4, -0.2) is 58.0 Å². The van der Waals surface area contributed by atoms with Crippen molar-refractivity contribution in [1.29, 1.82) is 0 Å². The van der Waals surface area contributed by atoms with Gasteiger partial charge >= 0.3 is 6.03 Å². The van der Waals surface area contributed by atoms with Gasteiger partial charge in [0, 0.05) is 48.7 Å². The van der Waals surface area contributed by atoms with Gasteiger partial charge in [-0.25, -0.2) is 4.79 Å². The topological polar surface area (TPSA) is 84.3 Å². The van der Waals surface area contributed by atoms with Crippen LogP contribution in [0.25, 0.3) is 22.2 Å². The molecule has 36 heavy (non-hydrogen) atoms. The first-order valence-electron chi connectivity index (χ1n) is 12.6. The maximum atomic E-state index is 12.3. The van der Waals surface area contributed by atoms with Gasteiger partial charge in [-0.15, -0.1) is 0 Å². The lowest BCUT2D eigenvalue weighted by Crippen LogP contribution is -2.51. The highest BCUT2D eigenvalue weighted by atomic mass is 16.5. The number of para-hydroxylation sites is 1. The molecule has 2 aliphatic heterocycles. The number of fused-ring (bicyclic) bond motifs is 1. The minimum Gasteiger partial charge on any atom is -0.378 e. The molecule has 0 unspecified atom stereocenters. The van der Waals surface area contributed by atoms with Crippen LogP contribution >= 0.6 is 0 Å². The number of amides is 2. The van der Waals surface area contributed by atoms with E-state index in [0.29, 0.717) is 18.6 Å². The lowest BCUT2D eigenvalue weighted by Gasteiger charge is -2.41. The van der Waals surface area contributed by atoms with Crippen molar-refractivity contribution in [2.24, 2.45) is 0 Å². The fourth-order valence-electron chi connectivity index (χ4n) is 5.08. The van der Waals surface area contributed by atoms with E-state index in [-0.39, 0.29) is 6.03 Å². The summed E-state index contributed by atoms with van der Waals surface area (Å²) in [5.41, 5.74) is 4.88. The first kappa shape index (κ1) is 22.7. The van der Waals surface area contributed by atoms with Gasteiger partial charge in [-0.05, 0) is 42.7 Å². The van der Waals surface area contributed by atoms with Crippen molar-refractivity contribution in [3.05, 3.63) is 78.6 Å². The number of nitrogens with zero attached hydrogens (tertiary/aromatic N) is 4. The van der Waals surface area contributed by atoms with E-state index in [4.69, 9.17) is 9.84 Å². The molecule has 0 spiro atoms. The Kier molecular flexibility index (Phi) is 6.36. The highest BCUT2D eigenvalue weighted by Gasteiger charge is 2.31. The van der Waals surface area contributed by atoms with Crippen molar-refractivity contribution in [2.45, 2.75) is 31.5 Å². The summed E-state index contributed by atoms with van der Waals surface area (Å²) < 4.78 is 7.61. The Bertz CT molecular complexity index is 1330. The molecule has 2 aromatic heterocycles. The predicted molar refractivity (Wildman–Crippen MR) is 140 cm³/mol. The van der Waals surface area contributed by atoms with Gasteiger partial charge in [-0.2, -0.15) is 5.10 Å². The third-order valence-electron chi connectivity index (χ3n) is 7.19. The second-order valence-corrected chi connectivity index (χ2v) is 9.52. The van der Waals surface area contributed by atoms with Crippen molar-refractivity contribution in [3.8, 4) is 11.3 Å². The standard InChI is InChI=1S/C28H30N6O2/c35-28(30-17-20-4-3-13-29-16-20)31-22-9-7-21(8-10-22)27-25-5-1-2-6-26(25)34(32-27)23-11-14-33(15-12-23)24-18-36-19-24/h1-10,13,16,23-24H,11-12,14-15,17-19H2,(H2,30,31,35). The van der Waals surface area contributed by atoms with Gasteiger partial charge in [0.25, 0.3) is 0 Å². The van der Waals surface area contributed by atoms with E-state index in [0.717, 1.165) is 67.0 Å². The smallest absolute Gasteiger partial charge is 0.319 e. The lowest BCUT2D eigenvalue weighted by molar-refractivity contribution is -0.0733. The molecule has 8 heteroatoms. The maximum Gasteiger partial charge on any atom is 0.319 e. The van der Waals surface area contributed by atoms with E-state index >= 15 is 0 Å². The van der Waals surface area contributed by atoms with Gasteiger partial charge in [0.15, 0.2) is 0 Å². The van der Waals surface area contributed by atoms with Crippen LogP contribution in [0.2, 0.25) is 0 Å². The van der Waals surface area contributed by atoms with Crippen molar-refractivity contribution in [1.82, 2.24) is 25.0 Å². The van der Waals surface area contributed by atoms with Gasteiger partial charge < -0.3 is 15.4 Å². The van der Waals surface area contributed by atoms with Crippen LogP contribution in [-0.2, 0) is 11.3 Å². The normalized spacial score (nSPS) is 17.1. The number of piperidine rings is 1. The molecule has 4 aromatic rings. The first-order valence-corrected chi connectivity index (χ1v) is 12.6. The van der Waals surface area contributed by atoms with Crippen LogP contribution in [0.3, 0.4) is 0 Å². The molecule has 2 aromatic carbocycles. The molecule has 2 N–H and O–H groups in total. The number of ether oxygens (including phenoxy) is 1. The zero-order valence-electron chi connectivity index (χ0n) is 20.1. The zero-order valence-corrected chi connectivity index (χ0v) is 20.1. The van der Waals surface area contributed by atoms with E-state index in [1.165, 1.54) is 5.52 Å². The fraction of sp³-hybridized carbons (Fsp3) is 0.321. The highest BCUT2D eigenvalue weighted by Crippen LogP contribution is 2.34. The predicted octanol–water partition coefficient (Wildman–Crippen LogP) is 4.46. The number of rotatable bonds is 6. The third kappa shape index (κ3) is 4.69. The highest BCUT2D eigenvalue weighted by molar-refractivity contribution is 5.94. The average Bonchev–Trinajstić information content (AvgIpc) is 3.28. The molecule has 184 valence electrons. The number of anilines is 1. The SMILES string of the molecule is O=C(NCc1cccnc1)Nc1ccc(-c2nn(C3CCN(C4COC4)CC3)c3ccccc23)cc1. The number of pyridine rings is 1. The number of hydrogen-bond donors (Lipinski definition) is 2. The van der Waals surface area contributed by atoms with Gasteiger partial charge in [-0.1, -0.05) is 36.4 Å². The summed E-state index contributed by atoms with van der Waals surface area (Å²) in [6.45, 7) is 4.35. The molecule has 0 radical (unpaired) electrons. The molecule has 4 heterocycles. The summed E-state index contributed by atoms with van der Waals surface area (Å²) in [5.74, 6) is 0. The first-order chi connectivity index (χ1) is 17.7. The number of aromatic nitrogens is 3. The van der Waals surface area contributed by atoms with E-state index in [2.05, 4.69) is 49.5 Å². The minimum absolute atomic E-state index is 0.249.